The summed E-state index contributed by atoms with van der Waals surface area (Å²) in [5, 5.41) is 5.93. The van der Waals surface area contributed by atoms with Crippen molar-refractivity contribution in [2.45, 2.75) is 25.3 Å². The first-order valence-corrected chi connectivity index (χ1v) is 9.31. The number of nitrogens with one attached hydrogen (secondary N) is 2. The van der Waals surface area contributed by atoms with Crippen LogP contribution in [0.15, 0.2) is 24.3 Å². The summed E-state index contributed by atoms with van der Waals surface area (Å²) in [7, 11) is 1.59. The maximum atomic E-state index is 12.2. The molecule has 1 aliphatic carbocycles. The van der Waals surface area contributed by atoms with Crippen LogP contribution in [-0.2, 0) is 9.59 Å². The molecule has 1 aliphatic heterocycles. The van der Waals surface area contributed by atoms with Crippen molar-refractivity contribution in [3.05, 3.63) is 24.3 Å². The number of piperazine rings is 1. The Morgan fingerprint density at radius 1 is 1.08 bits per heavy atom. The van der Waals surface area contributed by atoms with Gasteiger partial charge >= 0.3 is 0 Å². The molecule has 0 spiro atoms. The maximum Gasteiger partial charge on any atom is 0.234 e. The van der Waals surface area contributed by atoms with E-state index in [1.165, 1.54) is 0 Å². The molecule has 26 heavy (non-hydrogen) atoms. The second-order valence-corrected chi connectivity index (χ2v) is 6.96. The summed E-state index contributed by atoms with van der Waals surface area (Å²) < 4.78 is 5.25. The number of nitrogens with zero attached hydrogens (tertiary/aromatic N) is 2. The topological polar surface area (TPSA) is 73.9 Å². The Hall–Kier alpha value is -2.12. The lowest BCUT2D eigenvalue weighted by atomic mass is 10.2. The molecule has 1 heterocycles. The van der Waals surface area contributed by atoms with Gasteiger partial charge in [0.1, 0.15) is 5.75 Å². The van der Waals surface area contributed by atoms with Crippen LogP contribution in [0, 0.1) is 0 Å². The number of methoxy groups -OCH3 is 1. The van der Waals surface area contributed by atoms with Gasteiger partial charge in [-0.15, -0.1) is 0 Å². The van der Waals surface area contributed by atoms with E-state index in [4.69, 9.17) is 4.74 Å². The van der Waals surface area contributed by atoms with Gasteiger partial charge in [-0.2, -0.15) is 0 Å². The lowest BCUT2D eigenvalue weighted by Gasteiger charge is -2.34. The molecular formula is C19H28N4O3. The molecule has 7 nitrogen and oxygen atoms in total. The van der Waals surface area contributed by atoms with Crippen LogP contribution in [0.4, 0.5) is 5.69 Å². The molecule has 3 rings (SSSR count). The molecular weight excluding hydrogens is 332 g/mol. The van der Waals surface area contributed by atoms with Crippen molar-refractivity contribution < 1.29 is 14.3 Å². The number of ether oxygens (including phenoxy) is 1. The standard InChI is InChI=1S/C19H28N4O3/c1-26-17-5-3-2-4-16(17)21-18(24)8-9-22-10-12-23(13-11-22)14-19(25)20-15-6-7-15/h2-5,15H,6-14H2,1H3,(H,20,25)(H,21,24). The Morgan fingerprint density at radius 2 is 1.77 bits per heavy atom. The minimum Gasteiger partial charge on any atom is -0.495 e. The van der Waals surface area contributed by atoms with Crippen LogP contribution < -0.4 is 15.4 Å². The van der Waals surface area contributed by atoms with Gasteiger partial charge in [-0.1, -0.05) is 12.1 Å². The number of para-hydroxylation sites is 2. The highest BCUT2D eigenvalue weighted by Gasteiger charge is 2.25. The number of rotatable bonds is 8. The first-order valence-electron chi connectivity index (χ1n) is 9.31. The predicted molar refractivity (Wildman–Crippen MR) is 100 cm³/mol. The van der Waals surface area contributed by atoms with E-state index in [9.17, 15) is 9.59 Å². The monoisotopic (exact) mass is 360 g/mol. The van der Waals surface area contributed by atoms with Crippen molar-refractivity contribution in [3.8, 4) is 5.75 Å². The molecule has 0 unspecified atom stereocenters. The number of hydrogen-bond donors (Lipinski definition) is 2. The molecule has 2 N–H and O–H groups in total. The van der Waals surface area contributed by atoms with Crippen molar-refractivity contribution in [2.24, 2.45) is 0 Å². The number of amides is 2. The summed E-state index contributed by atoms with van der Waals surface area (Å²) in [6.07, 6.45) is 2.69. The fraction of sp³-hybridized carbons (Fsp3) is 0.579. The van der Waals surface area contributed by atoms with Crippen molar-refractivity contribution in [1.29, 1.82) is 0 Å². The molecule has 2 aliphatic rings. The lowest BCUT2D eigenvalue weighted by Crippen LogP contribution is -2.50. The van der Waals surface area contributed by atoms with E-state index in [1.54, 1.807) is 7.11 Å². The SMILES string of the molecule is COc1ccccc1NC(=O)CCN1CCN(CC(=O)NC2CC2)CC1. The summed E-state index contributed by atoms with van der Waals surface area (Å²) in [6.45, 7) is 4.72. The second kappa shape index (κ2) is 9.00. The van der Waals surface area contributed by atoms with Crippen LogP contribution in [0.2, 0.25) is 0 Å². The van der Waals surface area contributed by atoms with Gasteiger partial charge in [0, 0.05) is 45.2 Å². The van der Waals surface area contributed by atoms with Crippen molar-refractivity contribution >= 4 is 17.5 Å². The largest absolute Gasteiger partial charge is 0.495 e. The zero-order chi connectivity index (χ0) is 18.4. The quantitative estimate of drug-likeness (QED) is 0.721. The summed E-state index contributed by atoms with van der Waals surface area (Å²) in [6, 6.07) is 7.83. The molecule has 142 valence electrons. The van der Waals surface area contributed by atoms with Gasteiger partial charge in [0.2, 0.25) is 11.8 Å². The predicted octanol–water partition coefficient (Wildman–Crippen LogP) is 0.920. The van der Waals surface area contributed by atoms with E-state index in [0.717, 1.165) is 45.6 Å². The third-order valence-electron chi connectivity index (χ3n) is 4.81. The second-order valence-electron chi connectivity index (χ2n) is 6.96. The van der Waals surface area contributed by atoms with Gasteiger partial charge in [-0.3, -0.25) is 14.5 Å². The van der Waals surface area contributed by atoms with Gasteiger partial charge in [0.15, 0.2) is 0 Å². The fourth-order valence-electron chi connectivity index (χ4n) is 3.10. The number of benzene rings is 1. The number of hydrogen-bond acceptors (Lipinski definition) is 5. The molecule has 1 saturated heterocycles. The van der Waals surface area contributed by atoms with Crippen molar-refractivity contribution in [1.82, 2.24) is 15.1 Å². The third kappa shape index (κ3) is 5.71. The van der Waals surface area contributed by atoms with Crippen LogP contribution >= 0.6 is 0 Å². The van der Waals surface area contributed by atoms with E-state index in [0.29, 0.717) is 30.4 Å². The van der Waals surface area contributed by atoms with Crippen molar-refractivity contribution in [3.63, 3.8) is 0 Å². The molecule has 1 aromatic carbocycles. The first kappa shape index (κ1) is 18.7. The van der Waals surface area contributed by atoms with Gasteiger partial charge in [0.25, 0.3) is 0 Å². The van der Waals surface area contributed by atoms with Crippen LogP contribution in [0.5, 0.6) is 5.75 Å². The Balaban J connectivity index is 1.34. The lowest BCUT2D eigenvalue weighted by molar-refractivity contribution is -0.122. The van der Waals surface area contributed by atoms with E-state index in [2.05, 4.69) is 20.4 Å². The highest BCUT2D eigenvalue weighted by atomic mass is 16.5. The Bertz CT molecular complexity index is 625. The van der Waals surface area contributed by atoms with E-state index in [1.807, 2.05) is 24.3 Å². The summed E-state index contributed by atoms with van der Waals surface area (Å²) >= 11 is 0. The third-order valence-corrected chi connectivity index (χ3v) is 4.81. The molecule has 7 heteroatoms. The number of carbonyl (C=O) groups excluding carboxylic acids is 2. The molecule has 0 atom stereocenters. The highest BCUT2D eigenvalue weighted by Crippen LogP contribution is 2.23. The van der Waals surface area contributed by atoms with Crippen LogP contribution in [0.3, 0.4) is 0 Å². The Kier molecular flexibility index (Phi) is 6.46. The summed E-state index contributed by atoms with van der Waals surface area (Å²) in [4.78, 5) is 28.5. The molecule has 1 saturated carbocycles. The van der Waals surface area contributed by atoms with Crippen LogP contribution in [-0.4, -0.2) is 74.0 Å². The van der Waals surface area contributed by atoms with E-state index >= 15 is 0 Å². The molecule has 1 aromatic rings. The Morgan fingerprint density at radius 3 is 2.46 bits per heavy atom. The minimum absolute atomic E-state index is 0.0132. The van der Waals surface area contributed by atoms with Gasteiger partial charge in [-0.25, -0.2) is 0 Å². The molecule has 0 aromatic heterocycles. The van der Waals surface area contributed by atoms with Crippen LogP contribution in [0.1, 0.15) is 19.3 Å². The normalized spacial score (nSPS) is 18.3. The van der Waals surface area contributed by atoms with Crippen LogP contribution in [0.25, 0.3) is 0 Å². The highest BCUT2D eigenvalue weighted by molar-refractivity contribution is 5.92. The fourth-order valence-corrected chi connectivity index (χ4v) is 3.10. The zero-order valence-electron chi connectivity index (χ0n) is 15.4. The summed E-state index contributed by atoms with van der Waals surface area (Å²) in [5.41, 5.74) is 0.700. The molecule has 0 radical (unpaired) electrons. The molecule has 2 amide bonds. The van der Waals surface area contributed by atoms with E-state index < -0.39 is 0 Å². The van der Waals surface area contributed by atoms with Crippen molar-refractivity contribution in [2.75, 3.05) is 51.7 Å². The maximum absolute atomic E-state index is 12.2. The molecule has 2 fully saturated rings. The number of carbonyl (C=O) groups is 2. The average Bonchev–Trinajstić information content (AvgIpc) is 3.45. The zero-order valence-corrected chi connectivity index (χ0v) is 15.4. The first-order chi connectivity index (χ1) is 12.6. The smallest absolute Gasteiger partial charge is 0.234 e. The van der Waals surface area contributed by atoms with Gasteiger partial charge in [-0.05, 0) is 25.0 Å². The van der Waals surface area contributed by atoms with Gasteiger partial charge in [0.05, 0.1) is 19.3 Å². The van der Waals surface area contributed by atoms with Gasteiger partial charge < -0.3 is 20.3 Å². The Labute approximate surface area is 154 Å². The minimum atomic E-state index is -0.0132. The average molecular weight is 360 g/mol. The number of anilines is 1. The molecule has 0 bridgehead atoms. The summed E-state index contributed by atoms with van der Waals surface area (Å²) in [5.74, 6) is 0.789. The van der Waals surface area contributed by atoms with E-state index in [-0.39, 0.29) is 11.8 Å².